The number of hydrogen-bond donors (Lipinski definition) is 0. The van der Waals surface area contributed by atoms with Crippen LogP contribution in [0.5, 0.6) is 0 Å². The molecule has 20 heavy (non-hydrogen) atoms. The number of halogens is 3. The minimum Gasteiger partial charge on any atom is -0.294 e. The molecule has 0 N–H and O–H groups in total. The van der Waals surface area contributed by atoms with Gasteiger partial charge in [-0.05, 0) is 26.0 Å². The van der Waals surface area contributed by atoms with Gasteiger partial charge in [0.15, 0.2) is 5.78 Å². The van der Waals surface area contributed by atoms with Crippen LogP contribution in [0.2, 0.25) is 0 Å². The summed E-state index contributed by atoms with van der Waals surface area (Å²) in [5.41, 5.74) is 0.788. The summed E-state index contributed by atoms with van der Waals surface area (Å²) in [5, 5.41) is 4.08. The zero-order chi connectivity index (χ0) is 14.9. The van der Waals surface area contributed by atoms with E-state index in [1.165, 1.54) is 25.3 Å². The molecule has 2 rings (SSSR count). The van der Waals surface area contributed by atoms with Gasteiger partial charge in [-0.1, -0.05) is 12.1 Å². The van der Waals surface area contributed by atoms with Crippen molar-refractivity contribution in [1.82, 2.24) is 9.78 Å². The molecule has 0 fully saturated rings. The van der Waals surface area contributed by atoms with Crippen LogP contribution in [0.3, 0.4) is 0 Å². The molecule has 0 amide bonds. The molecule has 1 aromatic carbocycles. The Morgan fingerprint density at radius 1 is 1.25 bits per heavy atom. The normalized spacial score (nSPS) is 11.7. The summed E-state index contributed by atoms with van der Waals surface area (Å²) >= 11 is 0. The van der Waals surface area contributed by atoms with Gasteiger partial charge in [-0.2, -0.15) is 18.3 Å². The molecule has 2 aromatic rings. The maximum atomic E-state index is 12.5. The summed E-state index contributed by atoms with van der Waals surface area (Å²) in [6, 6.07) is 4.73. The average molecular weight is 282 g/mol. The molecule has 0 radical (unpaired) electrons. The van der Waals surface area contributed by atoms with Gasteiger partial charge in [0.1, 0.15) is 0 Å². The number of carbonyl (C=O) groups is 1. The van der Waals surface area contributed by atoms with Crippen LogP contribution >= 0.6 is 0 Å². The van der Waals surface area contributed by atoms with Crippen molar-refractivity contribution >= 4 is 5.78 Å². The molecule has 0 aliphatic carbocycles. The van der Waals surface area contributed by atoms with E-state index in [0.717, 1.165) is 12.1 Å². The first-order chi connectivity index (χ1) is 9.34. The van der Waals surface area contributed by atoms with E-state index in [9.17, 15) is 18.0 Å². The first-order valence-electron chi connectivity index (χ1n) is 6.09. The second-order valence-corrected chi connectivity index (χ2v) is 4.35. The molecule has 0 aliphatic rings. The fraction of sp³-hybridized carbons (Fsp3) is 0.286. The number of nitrogens with zero attached hydrogens (tertiary/aromatic N) is 2. The highest BCUT2D eigenvalue weighted by Crippen LogP contribution is 2.31. The smallest absolute Gasteiger partial charge is 0.294 e. The van der Waals surface area contributed by atoms with Crippen LogP contribution in [0.15, 0.2) is 30.5 Å². The molecule has 6 heteroatoms. The van der Waals surface area contributed by atoms with E-state index in [2.05, 4.69) is 5.10 Å². The second-order valence-electron chi connectivity index (χ2n) is 4.35. The monoisotopic (exact) mass is 282 g/mol. The number of aryl methyl sites for hydroxylation is 1. The van der Waals surface area contributed by atoms with Gasteiger partial charge in [0.2, 0.25) is 0 Å². The predicted molar refractivity (Wildman–Crippen MR) is 68.3 cm³/mol. The molecule has 3 nitrogen and oxygen atoms in total. The Bertz CT molecular complexity index is 627. The minimum atomic E-state index is -4.37. The molecule has 0 saturated carbocycles. The Balaban J connectivity index is 2.51. The number of Topliss-reactive ketones (excluding diaryl/α,β-unsaturated/α-hetero) is 1. The summed E-state index contributed by atoms with van der Waals surface area (Å²) in [4.78, 5) is 11.6. The topological polar surface area (TPSA) is 34.9 Å². The van der Waals surface area contributed by atoms with Crippen LogP contribution in [-0.4, -0.2) is 15.6 Å². The van der Waals surface area contributed by atoms with Crippen molar-refractivity contribution in [3.05, 3.63) is 41.6 Å². The number of aromatic nitrogens is 2. The van der Waals surface area contributed by atoms with Crippen LogP contribution in [0.1, 0.15) is 29.8 Å². The minimum absolute atomic E-state index is 0.167. The first-order valence-corrected chi connectivity index (χ1v) is 6.09. The van der Waals surface area contributed by atoms with Gasteiger partial charge in [-0.15, -0.1) is 0 Å². The molecule has 0 saturated heterocycles. The lowest BCUT2D eigenvalue weighted by molar-refractivity contribution is -0.137. The standard InChI is InChI=1S/C14H13F3N2O/c1-3-19-13(12(8-18-19)9(2)20)10-4-6-11(7-5-10)14(15,16)17/h4-8H,3H2,1-2H3. The van der Waals surface area contributed by atoms with Gasteiger partial charge in [0.25, 0.3) is 0 Å². The number of benzene rings is 1. The van der Waals surface area contributed by atoms with E-state index in [0.29, 0.717) is 23.4 Å². The van der Waals surface area contributed by atoms with Gasteiger partial charge < -0.3 is 0 Å². The van der Waals surface area contributed by atoms with Crippen molar-refractivity contribution < 1.29 is 18.0 Å². The fourth-order valence-corrected chi connectivity index (χ4v) is 2.00. The third kappa shape index (κ3) is 2.59. The van der Waals surface area contributed by atoms with Gasteiger partial charge in [0, 0.05) is 12.1 Å². The third-order valence-electron chi connectivity index (χ3n) is 3.00. The van der Waals surface area contributed by atoms with E-state index in [-0.39, 0.29) is 5.78 Å². The average Bonchev–Trinajstić information content (AvgIpc) is 2.81. The quantitative estimate of drug-likeness (QED) is 0.803. The molecule has 1 aromatic heterocycles. The molecule has 0 unspecified atom stereocenters. The van der Waals surface area contributed by atoms with Crippen molar-refractivity contribution in [2.24, 2.45) is 0 Å². The maximum absolute atomic E-state index is 12.5. The van der Waals surface area contributed by atoms with Crippen molar-refractivity contribution in [3.8, 4) is 11.3 Å². The number of rotatable bonds is 3. The highest BCUT2D eigenvalue weighted by Gasteiger charge is 2.30. The number of carbonyl (C=O) groups excluding carboxylic acids is 1. The lowest BCUT2D eigenvalue weighted by Crippen LogP contribution is -2.05. The van der Waals surface area contributed by atoms with E-state index >= 15 is 0 Å². The molecule has 0 bridgehead atoms. The zero-order valence-corrected chi connectivity index (χ0v) is 11.0. The molecule has 1 heterocycles. The summed E-state index contributed by atoms with van der Waals surface area (Å²) in [6.07, 6.45) is -2.92. The Hall–Kier alpha value is -2.11. The lowest BCUT2D eigenvalue weighted by Gasteiger charge is -2.10. The van der Waals surface area contributed by atoms with Gasteiger partial charge in [-0.3, -0.25) is 9.48 Å². The predicted octanol–water partition coefficient (Wildman–Crippen LogP) is 3.79. The largest absolute Gasteiger partial charge is 0.416 e. The molecule has 106 valence electrons. The van der Waals surface area contributed by atoms with E-state index < -0.39 is 11.7 Å². The maximum Gasteiger partial charge on any atom is 0.416 e. The number of alkyl halides is 3. The number of hydrogen-bond acceptors (Lipinski definition) is 2. The van der Waals surface area contributed by atoms with E-state index in [1.807, 2.05) is 6.92 Å². The van der Waals surface area contributed by atoms with Crippen LogP contribution in [-0.2, 0) is 12.7 Å². The Labute approximate surface area is 114 Å². The fourth-order valence-electron chi connectivity index (χ4n) is 2.00. The Morgan fingerprint density at radius 2 is 1.85 bits per heavy atom. The number of ketones is 1. The van der Waals surface area contributed by atoms with E-state index in [4.69, 9.17) is 0 Å². The van der Waals surface area contributed by atoms with Gasteiger partial charge >= 0.3 is 6.18 Å². The van der Waals surface area contributed by atoms with Crippen LogP contribution in [0.4, 0.5) is 13.2 Å². The first kappa shape index (κ1) is 14.3. The van der Waals surface area contributed by atoms with E-state index in [1.54, 1.807) is 4.68 Å². The van der Waals surface area contributed by atoms with Gasteiger partial charge in [-0.25, -0.2) is 0 Å². The van der Waals surface area contributed by atoms with Crippen molar-refractivity contribution in [3.63, 3.8) is 0 Å². The highest BCUT2D eigenvalue weighted by molar-refractivity contribution is 5.99. The zero-order valence-electron chi connectivity index (χ0n) is 11.0. The SMILES string of the molecule is CCn1ncc(C(C)=O)c1-c1ccc(C(F)(F)F)cc1. The summed E-state index contributed by atoms with van der Waals surface area (Å²) in [5.74, 6) is -0.167. The molecular formula is C14H13F3N2O. The third-order valence-corrected chi connectivity index (χ3v) is 3.00. The molecule has 0 atom stereocenters. The summed E-state index contributed by atoms with van der Waals surface area (Å²) in [7, 11) is 0. The molecular weight excluding hydrogens is 269 g/mol. The van der Waals surface area contributed by atoms with Crippen LogP contribution in [0.25, 0.3) is 11.3 Å². The van der Waals surface area contributed by atoms with Crippen LogP contribution in [0, 0.1) is 0 Å². The summed E-state index contributed by atoms with van der Waals surface area (Å²) in [6.45, 7) is 3.79. The van der Waals surface area contributed by atoms with Crippen LogP contribution < -0.4 is 0 Å². The molecule has 0 spiro atoms. The lowest BCUT2D eigenvalue weighted by atomic mass is 10.0. The van der Waals surface area contributed by atoms with Gasteiger partial charge in [0.05, 0.1) is 23.0 Å². The Kier molecular flexibility index (Phi) is 3.65. The second kappa shape index (κ2) is 5.11. The Morgan fingerprint density at radius 3 is 2.30 bits per heavy atom. The summed E-state index contributed by atoms with van der Waals surface area (Å²) < 4.78 is 39.2. The highest BCUT2D eigenvalue weighted by atomic mass is 19.4. The van der Waals surface area contributed by atoms with Crippen molar-refractivity contribution in [2.45, 2.75) is 26.6 Å². The molecule has 0 aliphatic heterocycles. The van der Waals surface area contributed by atoms with Crippen molar-refractivity contribution in [2.75, 3.05) is 0 Å². The van der Waals surface area contributed by atoms with Crippen molar-refractivity contribution in [1.29, 1.82) is 0 Å².